The molecule has 22 heavy (non-hydrogen) atoms. The van der Waals surface area contributed by atoms with Gasteiger partial charge < -0.3 is 15.4 Å². The monoisotopic (exact) mass is 292 g/mol. The zero-order chi connectivity index (χ0) is 15.2. The number of fused-ring (bicyclic) bond motifs is 1. The van der Waals surface area contributed by atoms with Gasteiger partial charge in [-0.3, -0.25) is 0 Å². The predicted molar refractivity (Wildman–Crippen MR) is 91.8 cm³/mol. The van der Waals surface area contributed by atoms with Gasteiger partial charge in [0.1, 0.15) is 0 Å². The molecule has 2 aromatic carbocycles. The van der Waals surface area contributed by atoms with Gasteiger partial charge >= 0.3 is 0 Å². The number of hydrogen-bond donors (Lipinski definition) is 3. The van der Waals surface area contributed by atoms with Gasteiger partial charge in [0.25, 0.3) is 0 Å². The molecule has 1 aromatic heterocycles. The minimum Gasteiger partial charge on any atom is -0.516 e. The van der Waals surface area contributed by atoms with Crippen LogP contribution in [0.15, 0.2) is 61.0 Å². The van der Waals surface area contributed by atoms with Crippen molar-refractivity contribution in [3.63, 3.8) is 0 Å². The summed E-state index contributed by atoms with van der Waals surface area (Å²) >= 11 is 0. The van der Waals surface area contributed by atoms with Gasteiger partial charge in [0.15, 0.2) is 0 Å². The number of para-hydroxylation sites is 1. The predicted octanol–water partition coefficient (Wildman–Crippen LogP) is 4.03. The molecule has 3 N–H and O–H groups in total. The van der Waals surface area contributed by atoms with Crippen LogP contribution in [-0.4, -0.2) is 16.6 Å². The molecule has 0 aliphatic carbocycles. The van der Waals surface area contributed by atoms with Crippen LogP contribution < -0.4 is 5.32 Å². The SMILES string of the molecule is O/C=C/c1ccc(CNCCc2c[nH]c3ccccc23)cc1. The highest BCUT2D eigenvalue weighted by Crippen LogP contribution is 2.17. The van der Waals surface area contributed by atoms with Crippen LogP contribution in [-0.2, 0) is 13.0 Å². The Hall–Kier alpha value is -2.52. The van der Waals surface area contributed by atoms with E-state index in [1.807, 2.05) is 12.1 Å². The second-order valence-electron chi connectivity index (χ2n) is 5.34. The van der Waals surface area contributed by atoms with Crippen LogP contribution in [0.2, 0.25) is 0 Å². The number of aromatic amines is 1. The molecule has 0 fully saturated rings. The van der Waals surface area contributed by atoms with Gasteiger partial charge in [-0.1, -0.05) is 42.5 Å². The molecule has 0 atom stereocenters. The first kappa shape index (κ1) is 14.4. The van der Waals surface area contributed by atoms with E-state index in [-0.39, 0.29) is 0 Å². The molecule has 0 aliphatic rings. The summed E-state index contributed by atoms with van der Waals surface area (Å²) in [7, 11) is 0. The number of aromatic nitrogens is 1. The Morgan fingerprint density at radius 1 is 1.05 bits per heavy atom. The molecule has 3 heteroatoms. The van der Waals surface area contributed by atoms with Crippen LogP contribution in [0, 0.1) is 0 Å². The van der Waals surface area contributed by atoms with Crippen molar-refractivity contribution in [2.75, 3.05) is 6.54 Å². The number of rotatable bonds is 6. The minimum absolute atomic E-state index is 0.853. The number of H-pyrrole nitrogens is 1. The van der Waals surface area contributed by atoms with Gasteiger partial charge in [0, 0.05) is 23.6 Å². The molecule has 0 bridgehead atoms. The van der Waals surface area contributed by atoms with E-state index in [4.69, 9.17) is 5.11 Å². The van der Waals surface area contributed by atoms with Crippen LogP contribution in [0.1, 0.15) is 16.7 Å². The summed E-state index contributed by atoms with van der Waals surface area (Å²) < 4.78 is 0. The first-order valence-electron chi connectivity index (χ1n) is 7.52. The summed E-state index contributed by atoms with van der Waals surface area (Å²) in [6, 6.07) is 16.6. The zero-order valence-electron chi connectivity index (χ0n) is 12.4. The van der Waals surface area contributed by atoms with Crippen molar-refractivity contribution < 1.29 is 5.11 Å². The lowest BCUT2D eigenvalue weighted by molar-refractivity contribution is 0.478. The van der Waals surface area contributed by atoms with Gasteiger partial charge in [-0.25, -0.2) is 0 Å². The highest BCUT2D eigenvalue weighted by atomic mass is 16.2. The fourth-order valence-electron chi connectivity index (χ4n) is 2.63. The molecule has 0 radical (unpaired) electrons. The normalized spacial score (nSPS) is 11.5. The Labute approximate surface area is 130 Å². The van der Waals surface area contributed by atoms with Gasteiger partial charge in [0.2, 0.25) is 0 Å². The molecule has 0 spiro atoms. The molecule has 0 saturated heterocycles. The van der Waals surface area contributed by atoms with E-state index in [9.17, 15) is 0 Å². The third-order valence-electron chi connectivity index (χ3n) is 3.82. The van der Waals surface area contributed by atoms with Gasteiger partial charge in [-0.15, -0.1) is 0 Å². The molecular formula is C19H20N2O. The van der Waals surface area contributed by atoms with Gasteiger partial charge in [-0.2, -0.15) is 0 Å². The third-order valence-corrected chi connectivity index (χ3v) is 3.82. The lowest BCUT2D eigenvalue weighted by Gasteiger charge is -2.05. The molecule has 0 saturated carbocycles. The standard InChI is InChI=1S/C19H20N2O/c22-12-10-15-5-7-16(8-6-15)13-20-11-9-17-14-21-19-4-2-1-3-18(17)19/h1-8,10,12,14,20-22H,9,11,13H2/b12-10+. The average molecular weight is 292 g/mol. The second-order valence-corrected chi connectivity index (χ2v) is 5.34. The van der Waals surface area contributed by atoms with Crippen LogP contribution >= 0.6 is 0 Å². The zero-order valence-corrected chi connectivity index (χ0v) is 12.4. The molecule has 3 aromatic rings. The van der Waals surface area contributed by atoms with E-state index in [0.717, 1.165) is 31.3 Å². The smallest absolute Gasteiger partial charge is 0.0797 e. The van der Waals surface area contributed by atoms with Crippen molar-refractivity contribution >= 4 is 17.0 Å². The molecule has 112 valence electrons. The van der Waals surface area contributed by atoms with E-state index >= 15 is 0 Å². The van der Waals surface area contributed by atoms with Crippen LogP contribution in [0.4, 0.5) is 0 Å². The van der Waals surface area contributed by atoms with Gasteiger partial charge in [0.05, 0.1) is 6.26 Å². The van der Waals surface area contributed by atoms with Crippen molar-refractivity contribution in [3.05, 3.63) is 77.7 Å². The first-order valence-corrected chi connectivity index (χ1v) is 7.52. The van der Waals surface area contributed by atoms with Crippen molar-refractivity contribution in [3.8, 4) is 0 Å². The third kappa shape index (κ3) is 3.38. The lowest BCUT2D eigenvalue weighted by Crippen LogP contribution is -2.16. The Morgan fingerprint density at radius 2 is 1.86 bits per heavy atom. The maximum absolute atomic E-state index is 8.73. The Bertz CT molecular complexity index is 756. The number of nitrogens with one attached hydrogen (secondary N) is 2. The number of benzene rings is 2. The van der Waals surface area contributed by atoms with Crippen molar-refractivity contribution in [2.45, 2.75) is 13.0 Å². The Balaban J connectivity index is 1.51. The van der Waals surface area contributed by atoms with E-state index in [1.165, 1.54) is 22.0 Å². The number of hydrogen-bond acceptors (Lipinski definition) is 2. The topological polar surface area (TPSA) is 48.0 Å². The van der Waals surface area contributed by atoms with E-state index in [1.54, 1.807) is 6.08 Å². The molecule has 3 rings (SSSR count). The number of aliphatic hydroxyl groups excluding tert-OH is 1. The number of aliphatic hydroxyl groups is 1. The summed E-state index contributed by atoms with van der Waals surface area (Å²) in [4.78, 5) is 3.31. The Morgan fingerprint density at radius 3 is 2.68 bits per heavy atom. The molecule has 0 aliphatic heterocycles. The average Bonchev–Trinajstić information content (AvgIpc) is 2.97. The van der Waals surface area contributed by atoms with Crippen LogP contribution in [0.5, 0.6) is 0 Å². The summed E-state index contributed by atoms with van der Waals surface area (Å²) in [6.45, 7) is 1.80. The maximum Gasteiger partial charge on any atom is 0.0797 e. The summed E-state index contributed by atoms with van der Waals surface area (Å²) in [5.74, 6) is 0. The minimum atomic E-state index is 0.853. The van der Waals surface area contributed by atoms with E-state index in [0.29, 0.717) is 0 Å². The van der Waals surface area contributed by atoms with Crippen LogP contribution in [0.25, 0.3) is 17.0 Å². The summed E-state index contributed by atoms with van der Waals surface area (Å²) in [6.07, 6.45) is 5.85. The van der Waals surface area contributed by atoms with Crippen molar-refractivity contribution in [1.29, 1.82) is 0 Å². The summed E-state index contributed by atoms with van der Waals surface area (Å²) in [5, 5.41) is 13.5. The van der Waals surface area contributed by atoms with Crippen molar-refractivity contribution in [1.82, 2.24) is 10.3 Å². The molecule has 0 amide bonds. The molecule has 1 heterocycles. The molecule has 3 nitrogen and oxygen atoms in total. The highest BCUT2D eigenvalue weighted by molar-refractivity contribution is 5.83. The first-order chi connectivity index (χ1) is 10.9. The summed E-state index contributed by atoms with van der Waals surface area (Å²) in [5.41, 5.74) is 4.80. The van der Waals surface area contributed by atoms with Crippen molar-refractivity contribution in [2.24, 2.45) is 0 Å². The van der Waals surface area contributed by atoms with E-state index < -0.39 is 0 Å². The highest BCUT2D eigenvalue weighted by Gasteiger charge is 2.02. The van der Waals surface area contributed by atoms with E-state index in [2.05, 4.69) is 52.9 Å². The lowest BCUT2D eigenvalue weighted by atomic mass is 10.1. The fraction of sp³-hybridized carbons (Fsp3) is 0.158. The second kappa shape index (κ2) is 6.96. The quantitative estimate of drug-likeness (QED) is 0.474. The molecular weight excluding hydrogens is 272 g/mol. The Kier molecular flexibility index (Phi) is 4.56. The van der Waals surface area contributed by atoms with Gasteiger partial charge in [-0.05, 0) is 41.8 Å². The fourth-order valence-corrected chi connectivity index (χ4v) is 2.63. The van der Waals surface area contributed by atoms with Crippen LogP contribution in [0.3, 0.4) is 0 Å². The largest absolute Gasteiger partial charge is 0.516 e. The maximum atomic E-state index is 8.73. The molecule has 0 unspecified atom stereocenters.